The summed E-state index contributed by atoms with van der Waals surface area (Å²) in [7, 11) is 0. The largest absolute Gasteiger partial charge is 0.313 e. The van der Waals surface area contributed by atoms with Gasteiger partial charge in [0.2, 0.25) is 0 Å². The van der Waals surface area contributed by atoms with Gasteiger partial charge in [0, 0.05) is 31.2 Å². The molecule has 2 unspecified atom stereocenters. The minimum Gasteiger partial charge on any atom is -0.313 e. The van der Waals surface area contributed by atoms with E-state index >= 15 is 0 Å². The van der Waals surface area contributed by atoms with E-state index in [1.54, 1.807) is 0 Å². The summed E-state index contributed by atoms with van der Waals surface area (Å²) in [5.41, 5.74) is 0.285. The molecule has 0 aliphatic carbocycles. The van der Waals surface area contributed by atoms with E-state index in [4.69, 9.17) is 0 Å². The number of hydrogen-bond donors (Lipinski definition) is 1. The van der Waals surface area contributed by atoms with Crippen LogP contribution in [0.3, 0.4) is 0 Å². The minimum absolute atomic E-state index is 0.285. The van der Waals surface area contributed by atoms with Gasteiger partial charge in [-0.1, -0.05) is 27.7 Å². The molecule has 1 rings (SSSR count). The van der Waals surface area contributed by atoms with Crippen LogP contribution in [-0.4, -0.2) is 36.1 Å². The summed E-state index contributed by atoms with van der Waals surface area (Å²) in [6.07, 6.45) is 1.39. The Balaban J connectivity index is 2.52. The predicted octanol–water partition coefficient (Wildman–Crippen LogP) is 2.74. The molecule has 96 valence electrons. The van der Waals surface area contributed by atoms with Crippen LogP contribution in [0.4, 0.5) is 0 Å². The molecule has 0 bridgehead atoms. The molecule has 0 amide bonds. The Morgan fingerprint density at radius 3 is 2.12 bits per heavy atom. The molecule has 0 aromatic rings. The molecule has 1 aliphatic heterocycles. The first-order chi connectivity index (χ1) is 7.31. The molecule has 2 atom stereocenters. The third-order valence-electron chi connectivity index (χ3n) is 3.67. The maximum absolute atomic E-state index is 3.57. The monoisotopic (exact) mass is 226 g/mol. The number of nitrogens with one attached hydrogen (secondary N) is 1. The second-order valence-electron chi connectivity index (χ2n) is 6.70. The van der Waals surface area contributed by atoms with Crippen molar-refractivity contribution in [1.82, 2.24) is 10.2 Å². The van der Waals surface area contributed by atoms with E-state index in [-0.39, 0.29) is 5.54 Å². The number of nitrogens with zero attached hydrogens (tertiary/aromatic N) is 1. The average Bonchev–Trinajstić information content (AvgIpc) is 2.13. The average molecular weight is 226 g/mol. The first-order valence-corrected chi connectivity index (χ1v) is 6.79. The van der Waals surface area contributed by atoms with Gasteiger partial charge in [0.05, 0.1) is 0 Å². The summed E-state index contributed by atoms with van der Waals surface area (Å²) in [5, 5.41) is 3.57. The van der Waals surface area contributed by atoms with Crippen molar-refractivity contribution in [3.8, 4) is 0 Å². The van der Waals surface area contributed by atoms with Gasteiger partial charge >= 0.3 is 0 Å². The Labute approximate surface area is 102 Å². The van der Waals surface area contributed by atoms with Crippen LogP contribution in [0.25, 0.3) is 0 Å². The summed E-state index contributed by atoms with van der Waals surface area (Å²) in [4.78, 5) is 2.67. The summed E-state index contributed by atoms with van der Waals surface area (Å²) >= 11 is 0. The summed E-state index contributed by atoms with van der Waals surface area (Å²) < 4.78 is 0. The highest BCUT2D eigenvalue weighted by Crippen LogP contribution is 2.26. The van der Waals surface area contributed by atoms with E-state index in [0.29, 0.717) is 6.04 Å². The fraction of sp³-hybridized carbons (Fsp3) is 1.00. The highest BCUT2D eigenvalue weighted by atomic mass is 15.2. The molecule has 1 fully saturated rings. The van der Waals surface area contributed by atoms with Crippen LogP contribution < -0.4 is 5.32 Å². The summed E-state index contributed by atoms with van der Waals surface area (Å²) in [6, 6.07) is 0.582. The Bertz CT molecular complexity index is 201. The Morgan fingerprint density at radius 1 is 1.19 bits per heavy atom. The Kier molecular flexibility index (Phi) is 4.81. The van der Waals surface area contributed by atoms with E-state index in [1.165, 1.54) is 19.5 Å². The molecule has 1 heterocycles. The Morgan fingerprint density at radius 2 is 1.69 bits per heavy atom. The van der Waals surface area contributed by atoms with Crippen molar-refractivity contribution in [3.05, 3.63) is 0 Å². The van der Waals surface area contributed by atoms with E-state index in [1.807, 2.05) is 0 Å². The van der Waals surface area contributed by atoms with Crippen molar-refractivity contribution >= 4 is 0 Å². The zero-order chi connectivity index (χ0) is 12.3. The van der Waals surface area contributed by atoms with Gasteiger partial charge in [-0.3, -0.25) is 4.90 Å². The van der Waals surface area contributed by atoms with E-state index in [9.17, 15) is 0 Å². The van der Waals surface area contributed by atoms with Crippen LogP contribution in [0, 0.1) is 11.8 Å². The van der Waals surface area contributed by atoms with Crippen LogP contribution in [0.5, 0.6) is 0 Å². The zero-order valence-electron chi connectivity index (χ0n) is 12.0. The van der Waals surface area contributed by atoms with Crippen molar-refractivity contribution in [2.75, 3.05) is 19.6 Å². The first kappa shape index (κ1) is 14.0. The molecule has 1 N–H and O–H groups in total. The summed E-state index contributed by atoms with van der Waals surface area (Å²) in [6.45, 7) is 17.6. The van der Waals surface area contributed by atoms with E-state index < -0.39 is 0 Å². The molecule has 0 aromatic heterocycles. The predicted molar refractivity (Wildman–Crippen MR) is 71.7 cm³/mol. The first-order valence-electron chi connectivity index (χ1n) is 6.79. The molecule has 0 spiro atoms. The van der Waals surface area contributed by atoms with Gasteiger partial charge < -0.3 is 5.32 Å². The lowest BCUT2D eigenvalue weighted by Crippen LogP contribution is -2.56. The zero-order valence-corrected chi connectivity index (χ0v) is 12.0. The lowest BCUT2D eigenvalue weighted by molar-refractivity contribution is 0.0448. The fourth-order valence-electron chi connectivity index (χ4n) is 2.72. The molecule has 0 radical (unpaired) electrons. The fourth-order valence-corrected chi connectivity index (χ4v) is 2.72. The minimum atomic E-state index is 0.285. The molecule has 1 aliphatic rings. The van der Waals surface area contributed by atoms with Gasteiger partial charge in [0.1, 0.15) is 0 Å². The van der Waals surface area contributed by atoms with Crippen molar-refractivity contribution < 1.29 is 0 Å². The number of piperidine rings is 1. The van der Waals surface area contributed by atoms with Crippen LogP contribution >= 0.6 is 0 Å². The third-order valence-corrected chi connectivity index (χ3v) is 3.67. The van der Waals surface area contributed by atoms with Gasteiger partial charge in [-0.05, 0) is 32.1 Å². The lowest BCUT2D eigenvalue weighted by atomic mass is 9.88. The molecule has 2 heteroatoms. The molecule has 0 aromatic carbocycles. The second-order valence-corrected chi connectivity index (χ2v) is 6.70. The van der Waals surface area contributed by atoms with Crippen LogP contribution in [0.1, 0.15) is 48.0 Å². The van der Waals surface area contributed by atoms with E-state index in [0.717, 1.165) is 18.4 Å². The number of rotatable bonds is 4. The highest BCUT2D eigenvalue weighted by Gasteiger charge is 2.32. The second kappa shape index (κ2) is 5.50. The van der Waals surface area contributed by atoms with Crippen LogP contribution in [0.2, 0.25) is 0 Å². The van der Waals surface area contributed by atoms with Crippen LogP contribution in [-0.2, 0) is 0 Å². The van der Waals surface area contributed by atoms with Crippen molar-refractivity contribution in [2.45, 2.75) is 59.5 Å². The van der Waals surface area contributed by atoms with Crippen molar-refractivity contribution in [2.24, 2.45) is 11.8 Å². The van der Waals surface area contributed by atoms with Gasteiger partial charge in [-0.15, -0.1) is 0 Å². The third kappa shape index (κ3) is 4.06. The van der Waals surface area contributed by atoms with Gasteiger partial charge in [0.15, 0.2) is 0 Å². The summed E-state index contributed by atoms with van der Waals surface area (Å²) in [5.74, 6) is 1.70. The van der Waals surface area contributed by atoms with Crippen molar-refractivity contribution in [3.63, 3.8) is 0 Å². The molecular formula is C14H30N2. The van der Waals surface area contributed by atoms with Gasteiger partial charge in [0.25, 0.3) is 0 Å². The van der Waals surface area contributed by atoms with Crippen molar-refractivity contribution in [1.29, 1.82) is 0 Å². The molecule has 16 heavy (non-hydrogen) atoms. The molecular weight excluding hydrogens is 196 g/mol. The maximum atomic E-state index is 3.57. The molecule has 1 saturated heterocycles. The SMILES string of the molecule is CC1CC(C)CN(C(C)(C)CNC(C)C)C1. The smallest absolute Gasteiger partial charge is 0.0277 e. The molecule has 0 saturated carbocycles. The molecule has 2 nitrogen and oxygen atoms in total. The number of hydrogen-bond acceptors (Lipinski definition) is 2. The normalized spacial score (nSPS) is 28.7. The Hall–Kier alpha value is -0.0800. The standard InChI is InChI=1S/C14H30N2/c1-11(2)15-10-14(5,6)16-8-12(3)7-13(4)9-16/h11-13,15H,7-10H2,1-6H3. The highest BCUT2D eigenvalue weighted by molar-refractivity contribution is 4.89. The topological polar surface area (TPSA) is 15.3 Å². The lowest BCUT2D eigenvalue weighted by Gasteiger charge is -2.45. The van der Waals surface area contributed by atoms with Gasteiger partial charge in [-0.25, -0.2) is 0 Å². The van der Waals surface area contributed by atoms with E-state index in [2.05, 4.69) is 51.8 Å². The maximum Gasteiger partial charge on any atom is 0.0277 e. The quantitative estimate of drug-likeness (QED) is 0.793. The van der Waals surface area contributed by atoms with Crippen LogP contribution in [0.15, 0.2) is 0 Å². The number of likely N-dealkylation sites (tertiary alicyclic amines) is 1. The van der Waals surface area contributed by atoms with Gasteiger partial charge in [-0.2, -0.15) is 0 Å².